The maximum Gasteiger partial charge on any atom is 0.257 e. The van der Waals surface area contributed by atoms with Crippen molar-refractivity contribution in [2.75, 3.05) is 25.1 Å². The molecular formula is C12H17FN4O2. The van der Waals surface area contributed by atoms with Gasteiger partial charge in [-0.1, -0.05) is 0 Å². The summed E-state index contributed by atoms with van der Waals surface area (Å²) in [6.45, 7) is 1.24. The van der Waals surface area contributed by atoms with Crippen molar-refractivity contribution < 1.29 is 14.3 Å². The molecule has 1 amide bonds. The normalized spacial score (nSPS) is 18.7. The summed E-state index contributed by atoms with van der Waals surface area (Å²) in [5.41, 5.74) is 2.09. The van der Waals surface area contributed by atoms with E-state index in [9.17, 15) is 9.18 Å². The smallest absolute Gasteiger partial charge is 0.257 e. The lowest BCUT2D eigenvalue weighted by Gasteiger charge is -2.17. The van der Waals surface area contributed by atoms with Crippen LogP contribution in [-0.4, -0.2) is 40.6 Å². The predicted octanol–water partition coefficient (Wildman–Crippen LogP) is 0.351. The molecule has 0 aliphatic carbocycles. The van der Waals surface area contributed by atoms with Gasteiger partial charge in [0.1, 0.15) is 0 Å². The number of aromatic nitrogens is 1. The van der Waals surface area contributed by atoms with Gasteiger partial charge in [-0.3, -0.25) is 4.79 Å². The van der Waals surface area contributed by atoms with E-state index in [0.29, 0.717) is 19.5 Å². The molecule has 6 nitrogen and oxygen atoms in total. The molecule has 1 fully saturated rings. The number of hydrogen-bond donors (Lipinski definition) is 3. The summed E-state index contributed by atoms with van der Waals surface area (Å²) >= 11 is 0. The van der Waals surface area contributed by atoms with E-state index < -0.39 is 5.82 Å². The molecular weight excluding hydrogens is 251 g/mol. The van der Waals surface area contributed by atoms with Gasteiger partial charge in [0, 0.05) is 25.9 Å². The number of rotatable bonds is 4. The maximum absolute atomic E-state index is 13.9. The van der Waals surface area contributed by atoms with E-state index in [4.69, 9.17) is 10.9 Å². The fourth-order valence-corrected chi connectivity index (χ4v) is 2.32. The van der Waals surface area contributed by atoms with Crippen molar-refractivity contribution in [1.82, 2.24) is 9.88 Å². The first kappa shape index (κ1) is 13.7. The topological polar surface area (TPSA) is 91.5 Å². The Kier molecular flexibility index (Phi) is 4.28. The van der Waals surface area contributed by atoms with Crippen molar-refractivity contribution in [1.29, 1.82) is 0 Å². The third-order valence-corrected chi connectivity index (χ3v) is 3.37. The van der Waals surface area contributed by atoms with Crippen LogP contribution in [0.5, 0.6) is 0 Å². The van der Waals surface area contributed by atoms with Crippen LogP contribution in [0.1, 0.15) is 23.2 Å². The standard InChI is InChI=1S/C12H17FN4O2/c13-10-9(1-4-15-11(10)16-14)12(19)17-5-2-8(7-17)3-6-18/h1,4,8,18H,2-3,5-7,14H2,(H,15,16). The second kappa shape index (κ2) is 5.94. The molecule has 7 heteroatoms. The Bertz CT molecular complexity index is 469. The summed E-state index contributed by atoms with van der Waals surface area (Å²) in [5, 5.41) is 8.89. The quantitative estimate of drug-likeness (QED) is 0.541. The molecule has 0 spiro atoms. The summed E-state index contributed by atoms with van der Waals surface area (Å²) in [5.74, 6) is 4.17. The lowest BCUT2D eigenvalue weighted by atomic mass is 10.1. The summed E-state index contributed by atoms with van der Waals surface area (Å²) < 4.78 is 13.9. The molecule has 4 N–H and O–H groups in total. The minimum atomic E-state index is -0.736. The molecule has 1 saturated heterocycles. The number of nitrogen functional groups attached to an aromatic ring is 1. The van der Waals surface area contributed by atoms with Crippen LogP contribution in [0, 0.1) is 11.7 Å². The van der Waals surface area contributed by atoms with Crippen molar-refractivity contribution in [2.45, 2.75) is 12.8 Å². The molecule has 2 heterocycles. The number of aliphatic hydroxyl groups is 1. The number of halogens is 1. The molecule has 1 aliphatic heterocycles. The number of nitrogens with two attached hydrogens (primary N) is 1. The Hall–Kier alpha value is -1.73. The number of likely N-dealkylation sites (tertiary alicyclic amines) is 1. The van der Waals surface area contributed by atoms with Crippen LogP contribution >= 0.6 is 0 Å². The number of carbonyl (C=O) groups is 1. The molecule has 0 aromatic carbocycles. The average Bonchev–Trinajstić information content (AvgIpc) is 2.87. The number of aliphatic hydroxyl groups excluding tert-OH is 1. The first-order valence-electron chi connectivity index (χ1n) is 6.18. The summed E-state index contributed by atoms with van der Waals surface area (Å²) in [7, 11) is 0. The van der Waals surface area contributed by atoms with Crippen molar-refractivity contribution in [2.24, 2.45) is 11.8 Å². The monoisotopic (exact) mass is 268 g/mol. The zero-order chi connectivity index (χ0) is 13.8. The molecule has 0 bridgehead atoms. The van der Waals surface area contributed by atoms with Gasteiger partial charge in [-0.15, -0.1) is 0 Å². The number of hydrogen-bond acceptors (Lipinski definition) is 5. The van der Waals surface area contributed by atoms with Gasteiger partial charge in [0.25, 0.3) is 5.91 Å². The first-order chi connectivity index (χ1) is 9.17. The number of carbonyl (C=O) groups excluding carboxylic acids is 1. The van der Waals surface area contributed by atoms with Crippen LogP contribution in [0.25, 0.3) is 0 Å². The number of pyridine rings is 1. The highest BCUT2D eigenvalue weighted by Crippen LogP contribution is 2.23. The van der Waals surface area contributed by atoms with E-state index in [0.717, 1.165) is 6.42 Å². The molecule has 0 radical (unpaired) electrons. The highest BCUT2D eigenvalue weighted by molar-refractivity contribution is 5.95. The van der Waals surface area contributed by atoms with E-state index in [1.807, 2.05) is 0 Å². The number of anilines is 1. The first-order valence-corrected chi connectivity index (χ1v) is 6.18. The van der Waals surface area contributed by atoms with E-state index >= 15 is 0 Å². The molecule has 1 aromatic heterocycles. The minimum absolute atomic E-state index is 0.0346. The van der Waals surface area contributed by atoms with Crippen molar-refractivity contribution >= 4 is 11.7 Å². The highest BCUT2D eigenvalue weighted by atomic mass is 19.1. The lowest BCUT2D eigenvalue weighted by molar-refractivity contribution is 0.0780. The molecule has 1 aromatic rings. The fourth-order valence-electron chi connectivity index (χ4n) is 2.32. The van der Waals surface area contributed by atoms with Crippen LogP contribution in [0.2, 0.25) is 0 Å². The highest BCUT2D eigenvalue weighted by Gasteiger charge is 2.28. The van der Waals surface area contributed by atoms with Gasteiger partial charge in [-0.05, 0) is 24.8 Å². The number of amides is 1. The largest absolute Gasteiger partial charge is 0.396 e. The van der Waals surface area contributed by atoms with Gasteiger partial charge in [-0.25, -0.2) is 15.2 Å². The second-order valence-corrected chi connectivity index (χ2v) is 4.58. The Morgan fingerprint density at radius 2 is 2.47 bits per heavy atom. The molecule has 104 valence electrons. The zero-order valence-corrected chi connectivity index (χ0v) is 10.5. The van der Waals surface area contributed by atoms with Crippen molar-refractivity contribution in [3.63, 3.8) is 0 Å². The van der Waals surface area contributed by atoms with Crippen LogP contribution in [0.3, 0.4) is 0 Å². The molecule has 1 unspecified atom stereocenters. The van der Waals surface area contributed by atoms with Crippen LogP contribution in [0.4, 0.5) is 10.2 Å². The summed E-state index contributed by atoms with van der Waals surface area (Å²) in [4.78, 5) is 17.5. The molecule has 1 aliphatic rings. The SMILES string of the molecule is NNc1nccc(C(=O)N2CCC(CCO)C2)c1F. The predicted molar refractivity (Wildman–Crippen MR) is 67.7 cm³/mol. The third-order valence-electron chi connectivity index (χ3n) is 3.37. The van der Waals surface area contributed by atoms with E-state index in [1.54, 1.807) is 4.90 Å². The van der Waals surface area contributed by atoms with Gasteiger partial charge >= 0.3 is 0 Å². The van der Waals surface area contributed by atoms with Gasteiger partial charge in [-0.2, -0.15) is 0 Å². The minimum Gasteiger partial charge on any atom is -0.396 e. The molecule has 1 atom stereocenters. The van der Waals surface area contributed by atoms with Gasteiger partial charge < -0.3 is 15.4 Å². The van der Waals surface area contributed by atoms with Crippen LogP contribution < -0.4 is 11.3 Å². The lowest BCUT2D eigenvalue weighted by Crippen LogP contribution is -2.30. The summed E-state index contributed by atoms with van der Waals surface area (Å²) in [6, 6.07) is 1.35. The van der Waals surface area contributed by atoms with E-state index in [-0.39, 0.29) is 29.8 Å². The molecule has 0 saturated carbocycles. The Labute approximate surface area is 110 Å². The number of nitrogens with zero attached hydrogens (tertiary/aromatic N) is 2. The number of nitrogens with one attached hydrogen (secondary N) is 1. The fraction of sp³-hybridized carbons (Fsp3) is 0.500. The van der Waals surface area contributed by atoms with Crippen molar-refractivity contribution in [3.8, 4) is 0 Å². The Morgan fingerprint density at radius 1 is 1.68 bits per heavy atom. The van der Waals surface area contributed by atoms with E-state index in [1.165, 1.54) is 12.3 Å². The average molecular weight is 268 g/mol. The second-order valence-electron chi connectivity index (χ2n) is 4.58. The Balaban J connectivity index is 2.12. The molecule has 2 rings (SSSR count). The third kappa shape index (κ3) is 2.82. The Morgan fingerprint density at radius 3 is 3.16 bits per heavy atom. The van der Waals surface area contributed by atoms with Crippen molar-refractivity contribution in [3.05, 3.63) is 23.6 Å². The number of hydrazine groups is 1. The van der Waals surface area contributed by atoms with Gasteiger partial charge in [0.05, 0.1) is 5.56 Å². The van der Waals surface area contributed by atoms with Crippen LogP contribution in [0.15, 0.2) is 12.3 Å². The molecule has 19 heavy (non-hydrogen) atoms. The summed E-state index contributed by atoms with van der Waals surface area (Å²) in [6.07, 6.45) is 2.84. The maximum atomic E-state index is 13.9. The van der Waals surface area contributed by atoms with E-state index in [2.05, 4.69) is 10.4 Å². The van der Waals surface area contributed by atoms with Gasteiger partial charge in [0.15, 0.2) is 11.6 Å². The van der Waals surface area contributed by atoms with Gasteiger partial charge in [0.2, 0.25) is 0 Å². The van der Waals surface area contributed by atoms with Crippen LogP contribution in [-0.2, 0) is 0 Å². The zero-order valence-electron chi connectivity index (χ0n) is 10.5.